The molecule has 1 aliphatic rings. The molecule has 0 aromatic heterocycles. The second-order valence-electron chi connectivity index (χ2n) is 5.58. The van der Waals surface area contributed by atoms with Crippen LogP contribution in [0.25, 0.3) is 0 Å². The van der Waals surface area contributed by atoms with Gasteiger partial charge in [0.25, 0.3) is 0 Å². The number of rotatable bonds is 3. The number of halogens is 3. The van der Waals surface area contributed by atoms with Gasteiger partial charge in [-0.2, -0.15) is 13.2 Å². The highest BCUT2D eigenvalue weighted by Gasteiger charge is 2.35. The van der Waals surface area contributed by atoms with Crippen LogP contribution in [0.5, 0.6) is 0 Å². The Morgan fingerprint density at radius 3 is 2.52 bits per heavy atom. The Morgan fingerprint density at radius 2 is 1.95 bits per heavy atom. The molecule has 0 heterocycles. The van der Waals surface area contributed by atoms with Gasteiger partial charge in [0.05, 0.1) is 11.1 Å². The Bertz CT molecular complexity index is 528. The van der Waals surface area contributed by atoms with Crippen LogP contribution in [0.4, 0.5) is 18.9 Å². The number of hydrogen-bond donors (Lipinski definition) is 2. The smallest absolute Gasteiger partial charge is 0.417 e. The van der Waals surface area contributed by atoms with Gasteiger partial charge in [-0.3, -0.25) is 0 Å². The second kappa shape index (κ2) is 5.95. The van der Waals surface area contributed by atoms with Crippen molar-refractivity contribution in [1.82, 2.24) is 0 Å². The van der Waals surface area contributed by atoms with Crippen molar-refractivity contribution in [2.24, 2.45) is 5.92 Å². The molecule has 1 aromatic carbocycles. The average molecular weight is 301 g/mol. The van der Waals surface area contributed by atoms with E-state index in [9.17, 15) is 18.0 Å². The van der Waals surface area contributed by atoms with Gasteiger partial charge in [0.2, 0.25) is 0 Å². The zero-order valence-electron chi connectivity index (χ0n) is 11.7. The first-order valence-corrected chi connectivity index (χ1v) is 7.00. The third-order valence-corrected chi connectivity index (χ3v) is 4.02. The van der Waals surface area contributed by atoms with Crippen LogP contribution >= 0.6 is 0 Å². The third kappa shape index (κ3) is 3.68. The lowest BCUT2D eigenvalue weighted by Crippen LogP contribution is -2.30. The highest BCUT2D eigenvalue weighted by molar-refractivity contribution is 5.90. The van der Waals surface area contributed by atoms with Crippen LogP contribution in [0, 0.1) is 5.92 Å². The first kappa shape index (κ1) is 15.7. The molecule has 1 saturated carbocycles. The Labute approximate surface area is 121 Å². The topological polar surface area (TPSA) is 49.3 Å². The summed E-state index contributed by atoms with van der Waals surface area (Å²) in [6, 6.07) is 3.45. The number of alkyl halides is 3. The van der Waals surface area contributed by atoms with E-state index in [1.807, 2.05) is 0 Å². The molecule has 0 aliphatic heterocycles. The highest BCUT2D eigenvalue weighted by atomic mass is 19.4. The molecule has 0 bridgehead atoms. The molecular formula is C15H18F3NO2. The van der Waals surface area contributed by atoms with Gasteiger partial charge in [-0.1, -0.05) is 19.8 Å². The van der Waals surface area contributed by atoms with E-state index in [4.69, 9.17) is 5.11 Å². The molecular weight excluding hydrogens is 283 g/mol. The molecule has 2 atom stereocenters. The number of aromatic carboxylic acids is 1. The van der Waals surface area contributed by atoms with Gasteiger partial charge >= 0.3 is 12.1 Å². The summed E-state index contributed by atoms with van der Waals surface area (Å²) in [6.45, 7) is 2.08. The minimum Gasteiger partial charge on any atom is -0.478 e. The number of carbonyl (C=O) groups is 1. The van der Waals surface area contributed by atoms with E-state index in [1.165, 1.54) is 6.07 Å². The maximum Gasteiger partial charge on any atom is 0.417 e. The zero-order chi connectivity index (χ0) is 15.6. The van der Waals surface area contributed by atoms with Gasteiger partial charge in [0.15, 0.2) is 0 Å². The first-order chi connectivity index (χ1) is 9.79. The number of carboxylic acid groups (broad SMARTS) is 1. The van der Waals surface area contributed by atoms with Gasteiger partial charge in [0, 0.05) is 11.7 Å². The summed E-state index contributed by atoms with van der Waals surface area (Å²) in [5.41, 5.74) is -1.50. The molecule has 2 rings (SSSR count). The van der Waals surface area contributed by atoms with E-state index >= 15 is 0 Å². The predicted octanol–water partition coefficient (Wildman–Crippen LogP) is 4.39. The first-order valence-electron chi connectivity index (χ1n) is 7.00. The Morgan fingerprint density at radius 1 is 1.29 bits per heavy atom. The lowest BCUT2D eigenvalue weighted by Gasteiger charge is -2.30. The van der Waals surface area contributed by atoms with E-state index in [0.717, 1.165) is 37.8 Å². The number of nitrogens with one attached hydrogen (secondary N) is 1. The van der Waals surface area contributed by atoms with Crippen LogP contribution in [-0.4, -0.2) is 17.1 Å². The van der Waals surface area contributed by atoms with E-state index in [-0.39, 0.29) is 6.04 Å². The van der Waals surface area contributed by atoms with E-state index in [2.05, 4.69) is 12.2 Å². The molecule has 1 aromatic rings. The van der Waals surface area contributed by atoms with Crippen molar-refractivity contribution in [2.45, 2.75) is 44.8 Å². The Hall–Kier alpha value is -1.72. The fourth-order valence-corrected chi connectivity index (χ4v) is 2.80. The van der Waals surface area contributed by atoms with Crippen molar-refractivity contribution in [3.63, 3.8) is 0 Å². The number of carboxylic acids is 1. The standard InChI is InChI=1S/C15H18F3NO2/c1-9-4-2-3-5-13(9)19-10-6-7-11(14(20)21)12(8-10)15(16,17)18/h6-9,13,19H,2-5H2,1H3,(H,20,21). The van der Waals surface area contributed by atoms with E-state index in [1.54, 1.807) is 0 Å². The summed E-state index contributed by atoms with van der Waals surface area (Å²) < 4.78 is 38.9. The molecule has 2 N–H and O–H groups in total. The van der Waals surface area contributed by atoms with Crippen molar-refractivity contribution in [3.05, 3.63) is 29.3 Å². The lowest BCUT2D eigenvalue weighted by atomic mass is 9.86. The van der Waals surface area contributed by atoms with Gasteiger partial charge in [-0.05, 0) is 37.0 Å². The minimum absolute atomic E-state index is 0.135. The predicted molar refractivity (Wildman–Crippen MR) is 73.4 cm³/mol. The molecule has 6 heteroatoms. The second-order valence-corrected chi connectivity index (χ2v) is 5.58. The van der Waals surface area contributed by atoms with Crippen LogP contribution in [0.15, 0.2) is 18.2 Å². The van der Waals surface area contributed by atoms with Gasteiger partial charge < -0.3 is 10.4 Å². The van der Waals surface area contributed by atoms with Crippen molar-refractivity contribution >= 4 is 11.7 Å². The summed E-state index contributed by atoms with van der Waals surface area (Å²) in [7, 11) is 0. The van der Waals surface area contributed by atoms with Crippen molar-refractivity contribution in [1.29, 1.82) is 0 Å². The minimum atomic E-state index is -4.68. The van der Waals surface area contributed by atoms with Crippen LogP contribution in [0.3, 0.4) is 0 Å². The quantitative estimate of drug-likeness (QED) is 0.870. The van der Waals surface area contributed by atoms with Crippen LogP contribution in [-0.2, 0) is 6.18 Å². The van der Waals surface area contributed by atoms with Gasteiger partial charge in [-0.25, -0.2) is 4.79 Å². The van der Waals surface area contributed by atoms with E-state index in [0.29, 0.717) is 11.6 Å². The molecule has 21 heavy (non-hydrogen) atoms. The molecule has 0 radical (unpaired) electrons. The fourth-order valence-electron chi connectivity index (χ4n) is 2.80. The maximum absolute atomic E-state index is 13.0. The van der Waals surface area contributed by atoms with E-state index < -0.39 is 23.3 Å². The highest BCUT2D eigenvalue weighted by Crippen LogP contribution is 2.35. The summed E-state index contributed by atoms with van der Waals surface area (Å²) in [4.78, 5) is 10.9. The Kier molecular flexibility index (Phi) is 4.44. The molecule has 0 saturated heterocycles. The van der Waals surface area contributed by atoms with Crippen LogP contribution < -0.4 is 5.32 Å². The van der Waals surface area contributed by atoms with Gasteiger partial charge in [-0.15, -0.1) is 0 Å². The van der Waals surface area contributed by atoms with Crippen molar-refractivity contribution in [2.75, 3.05) is 5.32 Å². The molecule has 1 fully saturated rings. The third-order valence-electron chi connectivity index (χ3n) is 4.02. The van der Waals surface area contributed by atoms with Gasteiger partial charge in [0.1, 0.15) is 0 Å². The monoisotopic (exact) mass is 301 g/mol. The molecule has 3 nitrogen and oxygen atoms in total. The summed E-state index contributed by atoms with van der Waals surface area (Å²) >= 11 is 0. The normalized spacial score (nSPS) is 22.9. The molecule has 0 amide bonds. The Balaban J connectivity index is 2.27. The largest absolute Gasteiger partial charge is 0.478 e. The van der Waals surface area contributed by atoms with Crippen LogP contribution in [0.1, 0.15) is 48.5 Å². The summed E-state index contributed by atoms with van der Waals surface area (Å²) in [5, 5.41) is 12.0. The molecule has 1 aliphatic carbocycles. The lowest BCUT2D eigenvalue weighted by molar-refractivity contribution is -0.138. The average Bonchev–Trinajstić information content (AvgIpc) is 2.40. The molecule has 2 unspecified atom stereocenters. The molecule has 0 spiro atoms. The SMILES string of the molecule is CC1CCCCC1Nc1ccc(C(=O)O)c(C(F)(F)F)c1. The molecule has 116 valence electrons. The number of hydrogen-bond acceptors (Lipinski definition) is 2. The summed E-state index contributed by atoms with van der Waals surface area (Å²) in [6.07, 6.45) is -0.504. The summed E-state index contributed by atoms with van der Waals surface area (Å²) in [5.74, 6) is -1.17. The maximum atomic E-state index is 13.0. The van der Waals surface area contributed by atoms with Crippen molar-refractivity contribution < 1.29 is 23.1 Å². The number of anilines is 1. The van der Waals surface area contributed by atoms with Crippen molar-refractivity contribution in [3.8, 4) is 0 Å². The van der Waals surface area contributed by atoms with Crippen LogP contribution in [0.2, 0.25) is 0 Å². The zero-order valence-corrected chi connectivity index (χ0v) is 11.7. The number of benzene rings is 1. The fraction of sp³-hybridized carbons (Fsp3) is 0.533.